The fourth-order valence-electron chi connectivity index (χ4n) is 2.67. The average molecular weight is 338 g/mol. The number of hydrogen-bond acceptors (Lipinski definition) is 4. The monoisotopic (exact) mass is 338 g/mol. The molecule has 1 atom stereocenters. The molecule has 1 aliphatic heterocycles. The minimum absolute atomic E-state index is 0.00377. The standard InChI is InChI=1S/C16H22N2O4S/c1-10(2)18-9-13(8-15(18)19)16(20)17-23(21,22)14-7-11(3)5-6-12(14)4/h5-7,10,13H,8-9H2,1-4H3,(H,17,20)/t13-/m1/s1. The minimum Gasteiger partial charge on any atom is -0.339 e. The molecule has 6 nitrogen and oxygen atoms in total. The topological polar surface area (TPSA) is 83.5 Å². The molecule has 1 N–H and O–H groups in total. The highest BCUT2D eigenvalue weighted by Crippen LogP contribution is 2.22. The van der Waals surface area contributed by atoms with Crippen molar-refractivity contribution in [3.63, 3.8) is 0 Å². The molecule has 0 aliphatic carbocycles. The first kappa shape index (κ1) is 17.5. The summed E-state index contributed by atoms with van der Waals surface area (Å²) in [7, 11) is -3.93. The van der Waals surface area contributed by atoms with E-state index in [2.05, 4.69) is 4.72 Å². The number of amides is 2. The summed E-state index contributed by atoms with van der Waals surface area (Å²) in [5, 5.41) is 0. The summed E-state index contributed by atoms with van der Waals surface area (Å²) in [5.74, 6) is -1.38. The van der Waals surface area contributed by atoms with E-state index < -0.39 is 21.8 Å². The van der Waals surface area contributed by atoms with Crippen LogP contribution in [-0.2, 0) is 19.6 Å². The van der Waals surface area contributed by atoms with E-state index in [1.54, 1.807) is 24.8 Å². The van der Waals surface area contributed by atoms with Crippen LogP contribution in [0.25, 0.3) is 0 Å². The molecule has 0 unspecified atom stereocenters. The molecule has 7 heteroatoms. The van der Waals surface area contributed by atoms with Crippen LogP contribution in [0.4, 0.5) is 0 Å². The van der Waals surface area contributed by atoms with E-state index in [0.717, 1.165) is 5.56 Å². The molecule has 0 spiro atoms. The molecule has 0 bridgehead atoms. The summed E-state index contributed by atoms with van der Waals surface area (Å²) in [6.07, 6.45) is 0.0479. The van der Waals surface area contributed by atoms with Crippen molar-refractivity contribution in [3.05, 3.63) is 29.3 Å². The lowest BCUT2D eigenvalue weighted by molar-refractivity contribution is -0.129. The van der Waals surface area contributed by atoms with Crippen molar-refractivity contribution in [3.8, 4) is 0 Å². The van der Waals surface area contributed by atoms with Crippen LogP contribution in [0.5, 0.6) is 0 Å². The second-order valence-electron chi connectivity index (χ2n) is 6.28. The lowest BCUT2D eigenvalue weighted by Crippen LogP contribution is -2.38. The van der Waals surface area contributed by atoms with Crippen molar-refractivity contribution in [2.24, 2.45) is 5.92 Å². The SMILES string of the molecule is Cc1ccc(C)c(S(=O)(=O)NC(=O)[C@@H]2CC(=O)N(C(C)C)C2)c1. The quantitative estimate of drug-likeness (QED) is 0.898. The number of likely N-dealkylation sites (tertiary alicyclic amines) is 1. The largest absolute Gasteiger partial charge is 0.339 e. The number of hydrogen-bond donors (Lipinski definition) is 1. The maximum Gasteiger partial charge on any atom is 0.264 e. The highest BCUT2D eigenvalue weighted by atomic mass is 32.2. The lowest BCUT2D eigenvalue weighted by atomic mass is 10.1. The third-order valence-electron chi connectivity index (χ3n) is 4.02. The van der Waals surface area contributed by atoms with Crippen LogP contribution in [0.2, 0.25) is 0 Å². The third kappa shape index (κ3) is 3.72. The number of nitrogens with zero attached hydrogens (tertiary/aromatic N) is 1. The Labute approximate surface area is 136 Å². The molecule has 1 saturated heterocycles. The van der Waals surface area contributed by atoms with Gasteiger partial charge in [-0.25, -0.2) is 13.1 Å². The number of nitrogens with one attached hydrogen (secondary N) is 1. The maximum absolute atomic E-state index is 12.4. The van der Waals surface area contributed by atoms with Crippen molar-refractivity contribution in [1.82, 2.24) is 9.62 Å². The number of rotatable bonds is 4. The van der Waals surface area contributed by atoms with Gasteiger partial charge in [0, 0.05) is 19.0 Å². The van der Waals surface area contributed by atoms with Crippen molar-refractivity contribution < 1.29 is 18.0 Å². The molecule has 1 fully saturated rings. The van der Waals surface area contributed by atoms with Crippen LogP contribution >= 0.6 is 0 Å². The van der Waals surface area contributed by atoms with Gasteiger partial charge in [-0.2, -0.15) is 0 Å². The van der Waals surface area contributed by atoms with Crippen LogP contribution in [0, 0.1) is 19.8 Å². The predicted molar refractivity (Wildman–Crippen MR) is 86.2 cm³/mol. The van der Waals surface area contributed by atoms with Crippen LogP contribution < -0.4 is 4.72 Å². The van der Waals surface area contributed by atoms with Gasteiger partial charge >= 0.3 is 0 Å². The zero-order valence-corrected chi connectivity index (χ0v) is 14.6. The molecule has 2 amide bonds. The van der Waals surface area contributed by atoms with Gasteiger partial charge in [-0.15, -0.1) is 0 Å². The Morgan fingerprint density at radius 1 is 1.30 bits per heavy atom. The van der Waals surface area contributed by atoms with Crippen molar-refractivity contribution in [1.29, 1.82) is 0 Å². The van der Waals surface area contributed by atoms with Gasteiger partial charge in [-0.3, -0.25) is 9.59 Å². The van der Waals surface area contributed by atoms with Gasteiger partial charge in [0.2, 0.25) is 11.8 Å². The van der Waals surface area contributed by atoms with E-state index in [1.165, 1.54) is 6.07 Å². The zero-order valence-electron chi connectivity index (χ0n) is 13.8. The van der Waals surface area contributed by atoms with Gasteiger partial charge < -0.3 is 4.90 Å². The van der Waals surface area contributed by atoms with Crippen molar-refractivity contribution in [2.75, 3.05) is 6.54 Å². The molecule has 126 valence electrons. The highest BCUT2D eigenvalue weighted by Gasteiger charge is 2.37. The van der Waals surface area contributed by atoms with Crippen molar-refractivity contribution in [2.45, 2.75) is 45.1 Å². The molecule has 0 saturated carbocycles. The van der Waals surface area contributed by atoms with Gasteiger partial charge in [-0.1, -0.05) is 12.1 Å². The predicted octanol–water partition coefficient (Wildman–Crippen LogP) is 1.37. The molecule has 1 aliphatic rings. The molecule has 2 rings (SSSR count). The maximum atomic E-state index is 12.4. The number of sulfonamides is 1. The first-order valence-electron chi connectivity index (χ1n) is 7.55. The Morgan fingerprint density at radius 2 is 1.96 bits per heavy atom. The van der Waals surface area contributed by atoms with Crippen LogP contribution in [0.15, 0.2) is 23.1 Å². The molecule has 1 aromatic rings. The Hall–Kier alpha value is -1.89. The van der Waals surface area contributed by atoms with Crippen LogP contribution in [0.1, 0.15) is 31.4 Å². The number of carbonyl (C=O) groups excluding carboxylic acids is 2. The van der Waals surface area contributed by atoms with E-state index in [0.29, 0.717) is 5.56 Å². The third-order valence-corrected chi connectivity index (χ3v) is 5.51. The smallest absolute Gasteiger partial charge is 0.264 e. The zero-order chi connectivity index (χ0) is 17.4. The summed E-state index contributed by atoms with van der Waals surface area (Å²) in [6.45, 7) is 7.45. The molecular formula is C16H22N2O4S. The molecular weight excluding hydrogens is 316 g/mol. The second kappa shape index (κ2) is 6.31. The molecule has 0 radical (unpaired) electrons. The van der Waals surface area contributed by atoms with Gasteiger partial charge in [-0.05, 0) is 44.9 Å². The fraction of sp³-hybridized carbons (Fsp3) is 0.500. The van der Waals surface area contributed by atoms with E-state index in [-0.39, 0.29) is 29.8 Å². The molecule has 0 aromatic heterocycles. The summed E-state index contributed by atoms with van der Waals surface area (Å²) in [5.41, 5.74) is 1.37. The van der Waals surface area contributed by atoms with Gasteiger partial charge in [0.05, 0.1) is 10.8 Å². The number of benzene rings is 1. The summed E-state index contributed by atoms with van der Waals surface area (Å²) < 4.78 is 27.0. The summed E-state index contributed by atoms with van der Waals surface area (Å²) in [6, 6.07) is 5.04. The van der Waals surface area contributed by atoms with Gasteiger partial charge in [0.25, 0.3) is 10.0 Å². The Bertz CT molecular complexity index is 740. The normalized spacial score (nSPS) is 18.6. The van der Waals surface area contributed by atoms with Gasteiger partial charge in [0.15, 0.2) is 0 Å². The van der Waals surface area contributed by atoms with Crippen LogP contribution in [-0.4, -0.2) is 37.7 Å². The first-order chi connectivity index (χ1) is 10.6. The average Bonchev–Trinajstić information content (AvgIpc) is 2.83. The van der Waals surface area contributed by atoms with E-state index in [4.69, 9.17) is 0 Å². The minimum atomic E-state index is -3.93. The van der Waals surface area contributed by atoms with E-state index >= 15 is 0 Å². The Morgan fingerprint density at radius 3 is 2.52 bits per heavy atom. The lowest BCUT2D eigenvalue weighted by Gasteiger charge is -2.20. The molecule has 1 heterocycles. The summed E-state index contributed by atoms with van der Waals surface area (Å²) >= 11 is 0. The summed E-state index contributed by atoms with van der Waals surface area (Å²) in [4.78, 5) is 25.8. The number of carbonyl (C=O) groups is 2. The fourth-order valence-corrected chi connectivity index (χ4v) is 4.05. The highest BCUT2D eigenvalue weighted by molar-refractivity contribution is 7.90. The van der Waals surface area contributed by atoms with Crippen LogP contribution in [0.3, 0.4) is 0 Å². The second-order valence-corrected chi connectivity index (χ2v) is 7.93. The van der Waals surface area contributed by atoms with Gasteiger partial charge in [0.1, 0.15) is 0 Å². The number of aryl methyl sites for hydroxylation is 2. The first-order valence-corrected chi connectivity index (χ1v) is 9.03. The van der Waals surface area contributed by atoms with Crippen molar-refractivity contribution >= 4 is 21.8 Å². The Kier molecular flexibility index (Phi) is 4.79. The Balaban J connectivity index is 2.17. The van der Waals surface area contributed by atoms with E-state index in [9.17, 15) is 18.0 Å². The molecule has 1 aromatic carbocycles. The van der Waals surface area contributed by atoms with E-state index in [1.807, 2.05) is 19.9 Å². The molecule has 23 heavy (non-hydrogen) atoms.